The van der Waals surface area contributed by atoms with Crippen LogP contribution in [-0.4, -0.2) is 64.8 Å². The number of hydrogen-bond donors (Lipinski definition) is 2. The minimum Gasteiger partial charge on any atom is -0.507 e. The van der Waals surface area contributed by atoms with E-state index in [1.165, 1.54) is 12.1 Å². The molecule has 9 heteroatoms. The fourth-order valence-corrected chi connectivity index (χ4v) is 6.02. The lowest BCUT2D eigenvalue weighted by Crippen LogP contribution is -2.46. The third-order valence-electron chi connectivity index (χ3n) is 8.20. The van der Waals surface area contributed by atoms with Crippen LogP contribution >= 0.6 is 0 Å². The number of ether oxygens (including phenoxy) is 2. The summed E-state index contributed by atoms with van der Waals surface area (Å²) >= 11 is 0. The van der Waals surface area contributed by atoms with E-state index in [9.17, 15) is 14.6 Å². The van der Waals surface area contributed by atoms with Crippen LogP contribution in [0.3, 0.4) is 0 Å². The number of furan rings is 1. The van der Waals surface area contributed by atoms with Crippen LogP contribution in [-0.2, 0) is 11.3 Å². The number of aryl methyl sites for hydroxylation is 1. The summed E-state index contributed by atoms with van der Waals surface area (Å²) in [5.41, 5.74) is 3.43. The highest BCUT2D eigenvalue weighted by atomic mass is 19.1. The summed E-state index contributed by atoms with van der Waals surface area (Å²) in [7, 11) is 2.10. The number of phenols is 1. The average molecular weight is 586 g/mol. The van der Waals surface area contributed by atoms with Gasteiger partial charge in [-0.05, 0) is 50.2 Å². The summed E-state index contributed by atoms with van der Waals surface area (Å²) in [6.45, 7) is 7.39. The van der Waals surface area contributed by atoms with Gasteiger partial charge in [0.25, 0.3) is 0 Å². The molecule has 0 amide bonds. The number of aliphatic hydroxyl groups excluding tert-OH is 1. The van der Waals surface area contributed by atoms with Crippen molar-refractivity contribution in [1.82, 2.24) is 14.8 Å². The van der Waals surface area contributed by atoms with Crippen LogP contribution in [0.5, 0.6) is 11.6 Å². The Labute approximate surface area is 249 Å². The molecule has 5 aromatic rings. The Morgan fingerprint density at radius 3 is 2.44 bits per heavy atom. The molecule has 1 aliphatic rings. The van der Waals surface area contributed by atoms with Crippen LogP contribution in [0.1, 0.15) is 47.3 Å². The van der Waals surface area contributed by atoms with E-state index in [4.69, 9.17) is 13.9 Å². The third-order valence-corrected chi connectivity index (χ3v) is 8.20. The first-order valence-corrected chi connectivity index (χ1v) is 14.6. The molecule has 2 aromatic heterocycles. The van der Waals surface area contributed by atoms with Crippen LogP contribution in [0, 0.1) is 12.7 Å². The molecule has 0 aliphatic carbocycles. The molecule has 0 radical (unpaired) electrons. The normalized spacial score (nSPS) is 16.1. The van der Waals surface area contributed by atoms with Crippen molar-refractivity contribution in [3.63, 3.8) is 0 Å². The van der Waals surface area contributed by atoms with Gasteiger partial charge in [0, 0.05) is 66.8 Å². The van der Waals surface area contributed by atoms with Crippen LogP contribution in [0.4, 0.5) is 4.39 Å². The van der Waals surface area contributed by atoms with E-state index in [1.54, 1.807) is 18.3 Å². The molecule has 6 rings (SSSR count). The summed E-state index contributed by atoms with van der Waals surface area (Å²) in [4.78, 5) is 9.06. The van der Waals surface area contributed by atoms with Gasteiger partial charge in [0.15, 0.2) is 6.29 Å². The molecule has 0 saturated carbocycles. The van der Waals surface area contributed by atoms with Gasteiger partial charge in [0.1, 0.15) is 29.5 Å². The molecule has 0 spiro atoms. The topological polar surface area (TPSA) is 91.4 Å². The quantitative estimate of drug-likeness (QED) is 0.201. The number of halogens is 1. The van der Waals surface area contributed by atoms with Gasteiger partial charge in [-0.25, -0.2) is 9.37 Å². The fraction of sp³-hybridized carbons (Fsp3) is 0.324. The Bertz CT molecular complexity index is 1730. The maximum Gasteiger partial charge on any atom is 0.213 e. The van der Waals surface area contributed by atoms with Crippen LogP contribution < -0.4 is 4.74 Å². The summed E-state index contributed by atoms with van der Waals surface area (Å²) in [5.74, 6) is 0.769. The number of likely N-dealkylation sites (N-methyl/N-ethyl adjacent to an activating group) is 1. The van der Waals surface area contributed by atoms with E-state index in [2.05, 4.69) is 21.8 Å². The van der Waals surface area contributed by atoms with E-state index < -0.39 is 12.3 Å². The molecule has 2 atom stereocenters. The van der Waals surface area contributed by atoms with Crippen molar-refractivity contribution in [1.29, 1.82) is 0 Å². The van der Waals surface area contributed by atoms with Gasteiger partial charge in [0.2, 0.25) is 5.88 Å². The Morgan fingerprint density at radius 2 is 1.72 bits per heavy atom. The Balaban J connectivity index is 1.54. The maximum atomic E-state index is 13.4. The molecule has 0 bridgehead atoms. The number of nitrogens with zero attached hydrogens (tertiary/aromatic N) is 3. The largest absolute Gasteiger partial charge is 0.507 e. The standard InChI is InChI=1S/C34H36FN3O5/c1-4-41-34(40)28-21(2)43-33-26-8-6-5-7-25(26)32(39)30(29(28)33)31(38-17-15-37(3)16-18-38)23-13-14-36-27(19-23)42-20-22-9-11-24(35)12-10-22/h5-14,19,31,34,39-40H,4,15-18,20H2,1-3H3. The van der Waals surface area contributed by atoms with Gasteiger partial charge < -0.3 is 29.0 Å². The van der Waals surface area contributed by atoms with Crippen molar-refractivity contribution in [3.8, 4) is 11.6 Å². The van der Waals surface area contributed by atoms with Crippen molar-refractivity contribution >= 4 is 21.7 Å². The highest BCUT2D eigenvalue weighted by molar-refractivity contribution is 6.11. The monoisotopic (exact) mass is 585 g/mol. The molecular formula is C34H36FN3O5. The van der Waals surface area contributed by atoms with Gasteiger partial charge in [-0.2, -0.15) is 0 Å². The molecule has 2 N–H and O–H groups in total. The molecule has 1 fully saturated rings. The molecular weight excluding hydrogens is 549 g/mol. The number of piperazine rings is 1. The first kappa shape index (κ1) is 29.1. The number of benzene rings is 3. The van der Waals surface area contributed by atoms with Crippen LogP contribution in [0.25, 0.3) is 21.7 Å². The second kappa shape index (κ2) is 12.3. The second-order valence-corrected chi connectivity index (χ2v) is 11.0. The number of pyridine rings is 1. The van der Waals surface area contributed by atoms with Gasteiger partial charge >= 0.3 is 0 Å². The minimum absolute atomic E-state index is 0.128. The first-order chi connectivity index (χ1) is 20.9. The minimum atomic E-state index is -1.23. The second-order valence-electron chi connectivity index (χ2n) is 11.0. The summed E-state index contributed by atoms with van der Waals surface area (Å²) in [6.07, 6.45) is 0.468. The lowest BCUT2D eigenvalue weighted by atomic mass is 9.88. The van der Waals surface area contributed by atoms with Gasteiger partial charge in [-0.1, -0.05) is 36.4 Å². The van der Waals surface area contributed by atoms with E-state index in [0.717, 1.165) is 42.7 Å². The summed E-state index contributed by atoms with van der Waals surface area (Å²) in [5, 5.41) is 25.3. The number of rotatable bonds is 9. The van der Waals surface area contributed by atoms with Gasteiger partial charge in [0.05, 0.1) is 11.6 Å². The van der Waals surface area contributed by atoms with Gasteiger partial charge in [-0.15, -0.1) is 0 Å². The molecule has 8 nitrogen and oxygen atoms in total. The van der Waals surface area contributed by atoms with Crippen molar-refractivity contribution < 1.29 is 28.5 Å². The Morgan fingerprint density at radius 1 is 1.00 bits per heavy atom. The number of aliphatic hydroxyl groups is 1. The van der Waals surface area contributed by atoms with Crippen LogP contribution in [0.2, 0.25) is 0 Å². The van der Waals surface area contributed by atoms with Gasteiger partial charge in [-0.3, -0.25) is 4.90 Å². The predicted molar refractivity (Wildman–Crippen MR) is 163 cm³/mol. The number of fused-ring (bicyclic) bond motifs is 3. The lowest BCUT2D eigenvalue weighted by Gasteiger charge is -2.39. The van der Waals surface area contributed by atoms with E-state index in [1.807, 2.05) is 50.2 Å². The van der Waals surface area contributed by atoms with Crippen molar-refractivity contribution in [2.45, 2.75) is 32.8 Å². The molecule has 43 heavy (non-hydrogen) atoms. The smallest absolute Gasteiger partial charge is 0.213 e. The SMILES string of the molecule is CCOC(O)c1c(C)oc2c1c(C(c1ccnc(OCc3ccc(F)cc3)c1)N1CCN(C)CC1)c(O)c1ccccc12. The van der Waals surface area contributed by atoms with E-state index in [0.29, 0.717) is 45.7 Å². The van der Waals surface area contributed by atoms with Crippen molar-refractivity contribution in [2.75, 3.05) is 39.8 Å². The molecule has 1 aliphatic heterocycles. The Kier molecular flexibility index (Phi) is 8.32. The maximum absolute atomic E-state index is 13.4. The lowest BCUT2D eigenvalue weighted by molar-refractivity contribution is -0.0978. The molecule has 2 unspecified atom stereocenters. The van der Waals surface area contributed by atoms with Crippen LogP contribution in [0.15, 0.2) is 71.3 Å². The first-order valence-electron chi connectivity index (χ1n) is 14.6. The highest BCUT2D eigenvalue weighted by Crippen LogP contribution is 2.48. The molecule has 224 valence electrons. The third kappa shape index (κ3) is 5.69. The number of aromatic hydroxyl groups is 1. The molecule has 3 heterocycles. The number of aromatic nitrogens is 1. The number of phenolic OH excluding ortho intramolecular Hbond substituents is 1. The zero-order valence-electron chi connectivity index (χ0n) is 24.6. The average Bonchev–Trinajstić information content (AvgIpc) is 3.36. The molecule has 3 aromatic carbocycles. The molecule has 1 saturated heterocycles. The zero-order valence-corrected chi connectivity index (χ0v) is 24.6. The van der Waals surface area contributed by atoms with Crippen molar-refractivity contribution in [3.05, 3.63) is 101 Å². The van der Waals surface area contributed by atoms with E-state index in [-0.39, 0.29) is 18.2 Å². The zero-order chi connectivity index (χ0) is 30.1. The fourth-order valence-electron chi connectivity index (χ4n) is 6.02. The summed E-state index contributed by atoms with van der Waals surface area (Å²) < 4.78 is 31.5. The van der Waals surface area contributed by atoms with E-state index >= 15 is 0 Å². The van der Waals surface area contributed by atoms with Crippen molar-refractivity contribution in [2.24, 2.45) is 0 Å². The Hall–Kier alpha value is -4.02. The predicted octanol–water partition coefficient (Wildman–Crippen LogP) is 6.08. The highest BCUT2D eigenvalue weighted by Gasteiger charge is 2.34. The summed E-state index contributed by atoms with van der Waals surface area (Å²) in [6, 6.07) is 17.2. The number of hydrogen-bond acceptors (Lipinski definition) is 8.